The van der Waals surface area contributed by atoms with Crippen molar-refractivity contribution in [3.8, 4) is 17.2 Å². The molecule has 3 rings (SSSR count). The average Bonchev–Trinajstić information content (AvgIpc) is 3.09. The molecule has 0 fully saturated rings. The van der Waals surface area contributed by atoms with Gasteiger partial charge >= 0.3 is 0 Å². The quantitative estimate of drug-likeness (QED) is 0.431. The van der Waals surface area contributed by atoms with Crippen molar-refractivity contribution in [2.24, 2.45) is 5.84 Å². The number of hydrazine groups is 1. The first kappa shape index (κ1) is 17.8. The van der Waals surface area contributed by atoms with Gasteiger partial charge in [0.2, 0.25) is 0 Å². The highest BCUT2D eigenvalue weighted by Gasteiger charge is 2.12. The molecule has 0 bridgehead atoms. The van der Waals surface area contributed by atoms with Crippen LogP contribution in [0.25, 0.3) is 10.2 Å². The summed E-state index contributed by atoms with van der Waals surface area (Å²) in [5.74, 6) is 6.96. The van der Waals surface area contributed by atoms with E-state index in [9.17, 15) is 4.79 Å². The predicted octanol–water partition coefficient (Wildman–Crippen LogP) is 2.62. The van der Waals surface area contributed by atoms with E-state index in [-0.39, 0.29) is 12.5 Å². The van der Waals surface area contributed by atoms with Gasteiger partial charge in [-0.05, 0) is 30.3 Å². The van der Waals surface area contributed by atoms with Crippen LogP contribution < -0.4 is 30.8 Å². The van der Waals surface area contributed by atoms with Crippen molar-refractivity contribution in [1.29, 1.82) is 0 Å². The maximum absolute atomic E-state index is 12.2. The normalized spacial score (nSPS) is 10.4. The van der Waals surface area contributed by atoms with Crippen LogP contribution >= 0.6 is 11.3 Å². The third-order valence-electron chi connectivity index (χ3n) is 3.52. The smallest absolute Gasteiger partial charge is 0.262 e. The van der Waals surface area contributed by atoms with Crippen LogP contribution in [0.4, 0.5) is 10.8 Å². The Hall–Kier alpha value is -3.04. The molecule has 0 radical (unpaired) electrons. The lowest BCUT2D eigenvalue weighted by Gasteiger charge is -2.09. The highest BCUT2D eigenvalue weighted by atomic mass is 32.1. The molecule has 0 aliphatic carbocycles. The number of nitrogens with two attached hydrogens (primary N) is 1. The maximum Gasteiger partial charge on any atom is 0.262 e. The lowest BCUT2D eigenvalue weighted by atomic mass is 10.2. The number of nitrogen functional groups attached to an aromatic ring is 1. The van der Waals surface area contributed by atoms with Crippen LogP contribution in [0.3, 0.4) is 0 Å². The van der Waals surface area contributed by atoms with Gasteiger partial charge in [-0.2, -0.15) is 0 Å². The molecular formula is C17H18N4O4S. The molecule has 0 spiro atoms. The number of carbonyl (C=O) groups is 1. The lowest BCUT2D eigenvalue weighted by molar-refractivity contribution is -0.118. The number of hydrogen-bond donors (Lipinski definition) is 3. The monoisotopic (exact) mass is 374 g/mol. The summed E-state index contributed by atoms with van der Waals surface area (Å²) in [7, 11) is 3.13. The summed E-state index contributed by atoms with van der Waals surface area (Å²) < 4.78 is 16.7. The molecule has 0 saturated carbocycles. The van der Waals surface area contributed by atoms with E-state index in [0.717, 1.165) is 10.4 Å². The van der Waals surface area contributed by atoms with Gasteiger partial charge in [0.25, 0.3) is 5.91 Å². The van der Waals surface area contributed by atoms with Crippen molar-refractivity contribution < 1.29 is 19.0 Å². The number of hydrogen-bond acceptors (Lipinski definition) is 8. The molecule has 3 aromatic rings. The molecule has 4 N–H and O–H groups in total. The Kier molecular flexibility index (Phi) is 5.40. The zero-order chi connectivity index (χ0) is 18.5. The van der Waals surface area contributed by atoms with E-state index in [1.807, 2.05) is 6.07 Å². The van der Waals surface area contributed by atoms with Crippen LogP contribution in [0.5, 0.6) is 17.2 Å². The topological polar surface area (TPSA) is 108 Å². The molecule has 1 aromatic heterocycles. The summed E-state index contributed by atoms with van der Waals surface area (Å²) >= 11 is 1.36. The molecular weight excluding hydrogens is 356 g/mol. The van der Waals surface area contributed by atoms with E-state index in [0.29, 0.717) is 27.8 Å². The van der Waals surface area contributed by atoms with Gasteiger partial charge in [0.15, 0.2) is 11.7 Å². The minimum absolute atomic E-state index is 0.120. The molecule has 136 valence electrons. The van der Waals surface area contributed by atoms with E-state index in [1.165, 1.54) is 11.3 Å². The number of anilines is 2. The second-order valence-corrected chi connectivity index (χ2v) is 6.23. The first-order chi connectivity index (χ1) is 12.6. The highest BCUT2D eigenvalue weighted by Crippen LogP contribution is 2.35. The van der Waals surface area contributed by atoms with Gasteiger partial charge in [-0.3, -0.25) is 10.2 Å². The Balaban J connectivity index is 1.68. The summed E-state index contributed by atoms with van der Waals surface area (Å²) in [5, 5.41) is 3.35. The van der Waals surface area contributed by atoms with Crippen LogP contribution in [0.2, 0.25) is 0 Å². The van der Waals surface area contributed by atoms with Crippen molar-refractivity contribution in [1.82, 2.24) is 4.98 Å². The fourth-order valence-electron chi connectivity index (χ4n) is 2.31. The second-order valence-electron chi connectivity index (χ2n) is 5.20. The summed E-state index contributed by atoms with van der Waals surface area (Å²) in [6, 6.07) is 10.5. The summed E-state index contributed by atoms with van der Waals surface area (Å²) in [5.41, 5.74) is 3.78. The highest BCUT2D eigenvalue weighted by molar-refractivity contribution is 7.22. The van der Waals surface area contributed by atoms with Gasteiger partial charge < -0.3 is 19.5 Å². The van der Waals surface area contributed by atoms with Crippen molar-refractivity contribution in [2.75, 3.05) is 31.6 Å². The molecule has 0 unspecified atom stereocenters. The van der Waals surface area contributed by atoms with E-state index >= 15 is 0 Å². The van der Waals surface area contributed by atoms with Gasteiger partial charge in [0.1, 0.15) is 22.8 Å². The molecule has 9 heteroatoms. The van der Waals surface area contributed by atoms with Gasteiger partial charge in [-0.1, -0.05) is 11.3 Å². The van der Waals surface area contributed by atoms with Crippen LogP contribution in [-0.2, 0) is 4.79 Å². The zero-order valence-electron chi connectivity index (χ0n) is 14.2. The lowest BCUT2D eigenvalue weighted by Crippen LogP contribution is -2.20. The van der Waals surface area contributed by atoms with Crippen LogP contribution in [0, 0.1) is 0 Å². The number of ether oxygens (including phenoxy) is 3. The Morgan fingerprint density at radius 2 is 1.88 bits per heavy atom. The Morgan fingerprint density at radius 3 is 2.54 bits per heavy atom. The van der Waals surface area contributed by atoms with Crippen molar-refractivity contribution in [3.63, 3.8) is 0 Å². The molecule has 2 aromatic carbocycles. The molecule has 0 atom stereocenters. The number of rotatable bonds is 7. The Morgan fingerprint density at radius 1 is 1.15 bits per heavy atom. The van der Waals surface area contributed by atoms with Crippen molar-refractivity contribution in [2.45, 2.75) is 0 Å². The number of amides is 1. The van der Waals surface area contributed by atoms with E-state index in [1.54, 1.807) is 44.6 Å². The number of nitrogens with one attached hydrogen (secondary N) is 2. The number of benzene rings is 2. The average molecular weight is 374 g/mol. The summed E-state index contributed by atoms with van der Waals surface area (Å²) in [4.78, 5) is 16.5. The molecule has 8 nitrogen and oxygen atoms in total. The molecule has 1 heterocycles. The van der Waals surface area contributed by atoms with Gasteiger partial charge in [-0.25, -0.2) is 10.8 Å². The largest absolute Gasteiger partial charge is 0.497 e. The standard InChI is InChI=1S/C17H18N4O4S/c1-23-11-3-5-12(6-4-11)25-9-15(22)19-10-7-13(24-2)16-14(8-10)26-17(20-16)21-18/h3-8H,9,18H2,1-2H3,(H,19,22)(H,20,21). The maximum atomic E-state index is 12.2. The molecule has 26 heavy (non-hydrogen) atoms. The van der Waals surface area contributed by atoms with E-state index < -0.39 is 0 Å². The third-order valence-corrected chi connectivity index (χ3v) is 4.45. The number of aromatic nitrogens is 1. The zero-order valence-corrected chi connectivity index (χ0v) is 15.1. The number of fused-ring (bicyclic) bond motifs is 1. The number of nitrogens with zero attached hydrogens (tertiary/aromatic N) is 1. The van der Waals surface area contributed by atoms with E-state index in [4.69, 9.17) is 20.1 Å². The fourth-order valence-corrected chi connectivity index (χ4v) is 3.14. The van der Waals surface area contributed by atoms with Crippen LogP contribution in [0.15, 0.2) is 36.4 Å². The predicted molar refractivity (Wildman–Crippen MR) is 101 cm³/mol. The minimum Gasteiger partial charge on any atom is -0.497 e. The number of thiazole rings is 1. The SMILES string of the molecule is COc1ccc(OCC(=O)Nc2cc(OC)c3nc(NN)sc3c2)cc1. The first-order valence-electron chi connectivity index (χ1n) is 7.65. The van der Waals surface area contributed by atoms with Crippen molar-refractivity contribution >= 4 is 38.3 Å². The van der Waals surface area contributed by atoms with Gasteiger partial charge in [0, 0.05) is 11.8 Å². The summed E-state index contributed by atoms with van der Waals surface area (Å²) in [6.45, 7) is -0.120. The fraction of sp³-hybridized carbons (Fsp3) is 0.176. The van der Waals surface area contributed by atoms with Crippen molar-refractivity contribution in [3.05, 3.63) is 36.4 Å². The van der Waals surface area contributed by atoms with Gasteiger partial charge in [-0.15, -0.1) is 0 Å². The van der Waals surface area contributed by atoms with E-state index in [2.05, 4.69) is 15.7 Å². The molecule has 0 aliphatic heterocycles. The molecule has 0 aliphatic rings. The minimum atomic E-state index is -0.288. The Labute approximate surface area is 153 Å². The molecule has 1 amide bonds. The number of methoxy groups -OCH3 is 2. The number of carbonyl (C=O) groups excluding carboxylic acids is 1. The first-order valence-corrected chi connectivity index (χ1v) is 8.46. The second kappa shape index (κ2) is 7.89. The molecule has 0 saturated heterocycles. The van der Waals surface area contributed by atoms with Crippen LogP contribution in [0.1, 0.15) is 0 Å². The van der Waals surface area contributed by atoms with Gasteiger partial charge in [0.05, 0.1) is 18.9 Å². The third kappa shape index (κ3) is 3.95. The van der Waals surface area contributed by atoms with Crippen LogP contribution in [-0.4, -0.2) is 31.7 Å². The summed E-state index contributed by atoms with van der Waals surface area (Å²) in [6.07, 6.45) is 0. The Bertz CT molecular complexity index is 911.